The maximum Gasteiger partial charge on any atom is 0.271 e. The molecule has 8 nitrogen and oxygen atoms in total. The summed E-state index contributed by atoms with van der Waals surface area (Å²) in [5.41, 5.74) is -0.208. The quantitative estimate of drug-likeness (QED) is 0.502. The van der Waals surface area contributed by atoms with Crippen LogP contribution in [0.3, 0.4) is 0 Å². The van der Waals surface area contributed by atoms with E-state index in [2.05, 4.69) is 16.9 Å². The molecule has 2 saturated carbocycles. The Labute approximate surface area is 216 Å². The molecule has 0 spiro atoms. The lowest BCUT2D eigenvalue weighted by molar-refractivity contribution is -0.138. The third-order valence-electron chi connectivity index (χ3n) is 8.70. The van der Waals surface area contributed by atoms with E-state index in [1.54, 1.807) is 25.0 Å². The van der Waals surface area contributed by atoms with Crippen molar-refractivity contribution in [1.29, 1.82) is 0 Å². The second-order valence-electron chi connectivity index (χ2n) is 10.9. The van der Waals surface area contributed by atoms with Gasteiger partial charge in [0.2, 0.25) is 5.91 Å². The Morgan fingerprint density at radius 2 is 2.08 bits per heavy atom. The fraction of sp³-hybridized carbons (Fsp3) is 0.517. The van der Waals surface area contributed by atoms with E-state index in [9.17, 15) is 19.2 Å². The summed E-state index contributed by atoms with van der Waals surface area (Å²) in [6, 6.07) is 6.59. The number of nitrogens with one attached hydrogen (secondary N) is 2. The topological polar surface area (TPSA) is 109 Å². The number of nitrogens with zero attached hydrogens (tertiary/aromatic N) is 1. The molecule has 6 rings (SSSR count). The van der Waals surface area contributed by atoms with E-state index in [0.29, 0.717) is 43.7 Å². The second kappa shape index (κ2) is 9.47. The smallest absolute Gasteiger partial charge is 0.271 e. The van der Waals surface area contributed by atoms with Gasteiger partial charge in [0, 0.05) is 41.6 Å². The molecule has 0 radical (unpaired) electrons. The SMILES string of the molecule is C=CC12CN(C(=O)c3cc4c(OC)cccc4[nH]3)C(C(=O)N[C@@H](C[C@@H]3CCCCC3=O)C(=O)CC)(C1)C2. The molecule has 4 aliphatic rings. The molecule has 2 aromatic rings. The van der Waals surface area contributed by atoms with Crippen molar-refractivity contribution in [1.82, 2.24) is 15.2 Å². The van der Waals surface area contributed by atoms with Gasteiger partial charge in [-0.2, -0.15) is 0 Å². The van der Waals surface area contributed by atoms with E-state index in [4.69, 9.17) is 4.74 Å². The van der Waals surface area contributed by atoms with Crippen LogP contribution in [0.5, 0.6) is 5.75 Å². The van der Waals surface area contributed by atoms with Crippen molar-refractivity contribution < 1.29 is 23.9 Å². The molecule has 2 saturated heterocycles. The molecule has 2 bridgehead atoms. The van der Waals surface area contributed by atoms with Gasteiger partial charge in [-0.1, -0.05) is 25.5 Å². The van der Waals surface area contributed by atoms with Gasteiger partial charge in [-0.15, -0.1) is 6.58 Å². The molecule has 2 atom stereocenters. The maximum absolute atomic E-state index is 13.8. The van der Waals surface area contributed by atoms with Crippen molar-refractivity contribution in [3.05, 3.63) is 42.6 Å². The number of Topliss-reactive ketones (excluding diaryl/α,β-unsaturated/α-hetero) is 2. The third kappa shape index (κ3) is 4.16. The number of H-pyrrole nitrogens is 1. The van der Waals surface area contributed by atoms with E-state index in [1.165, 1.54) is 0 Å². The molecule has 196 valence electrons. The number of fused-ring (bicyclic) bond motifs is 2. The van der Waals surface area contributed by atoms with Crippen molar-refractivity contribution in [3.8, 4) is 5.75 Å². The minimum atomic E-state index is -1.05. The Balaban J connectivity index is 1.40. The maximum atomic E-state index is 13.8. The van der Waals surface area contributed by atoms with Crippen molar-refractivity contribution >= 4 is 34.3 Å². The van der Waals surface area contributed by atoms with E-state index in [1.807, 2.05) is 24.3 Å². The van der Waals surface area contributed by atoms with Crippen molar-refractivity contribution in [2.75, 3.05) is 13.7 Å². The highest BCUT2D eigenvalue weighted by Gasteiger charge is 2.69. The molecule has 3 heterocycles. The fourth-order valence-electron chi connectivity index (χ4n) is 6.60. The van der Waals surface area contributed by atoms with Gasteiger partial charge in [-0.25, -0.2) is 0 Å². The zero-order valence-electron chi connectivity index (χ0n) is 21.6. The number of ether oxygens (including phenoxy) is 1. The molecule has 2 N–H and O–H groups in total. The Morgan fingerprint density at radius 1 is 1.30 bits per heavy atom. The summed E-state index contributed by atoms with van der Waals surface area (Å²) in [5, 5.41) is 3.77. The summed E-state index contributed by atoms with van der Waals surface area (Å²) in [7, 11) is 1.58. The number of methoxy groups -OCH3 is 1. The standard InChI is InChI=1S/C29H35N3O5/c1-4-23(33)21(13-18-9-6-7-11-24(18)34)31-27(36)29-15-28(5-2,16-29)17-32(29)26(35)22-14-19-20(30-22)10-8-12-25(19)37-3/h5,8,10,12,14,18,21,30H,2,4,6-7,9,11,13,15-17H2,1,3H3,(H,31,36)/t18-,21-,28?,29?/m0/s1. The van der Waals surface area contributed by atoms with Gasteiger partial charge in [0.05, 0.1) is 13.2 Å². The third-order valence-corrected chi connectivity index (χ3v) is 8.70. The second-order valence-corrected chi connectivity index (χ2v) is 10.9. The summed E-state index contributed by atoms with van der Waals surface area (Å²) in [6.07, 6.45) is 6.52. The Hall–Kier alpha value is -3.42. The number of amides is 2. The van der Waals surface area contributed by atoms with Crippen LogP contribution in [0.2, 0.25) is 0 Å². The van der Waals surface area contributed by atoms with Crippen LogP contribution in [0, 0.1) is 11.3 Å². The minimum absolute atomic E-state index is 0.0870. The molecule has 8 heteroatoms. The van der Waals surface area contributed by atoms with Crippen LogP contribution in [-0.4, -0.2) is 58.5 Å². The number of carbonyl (C=O) groups excluding carboxylic acids is 4. The normalized spacial score (nSPS) is 27.5. The summed E-state index contributed by atoms with van der Waals surface area (Å²) in [4.78, 5) is 57.7. The highest BCUT2D eigenvalue weighted by molar-refractivity contribution is 6.04. The van der Waals surface area contributed by atoms with Gasteiger partial charge < -0.3 is 19.9 Å². The molecular weight excluding hydrogens is 470 g/mol. The minimum Gasteiger partial charge on any atom is -0.496 e. The van der Waals surface area contributed by atoms with Gasteiger partial charge >= 0.3 is 0 Å². The van der Waals surface area contributed by atoms with Crippen LogP contribution < -0.4 is 10.1 Å². The van der Waals surface area contributed by atoms with E-state index in [-0.39, 0.29) is 41.1 Å². The first-order valence-corrected chi connectivity index (χ1v) is 13.2. The van der Waals surface area contributed by atoms with Crippen LogP contribution in [0.1, 0.15) is 68.8 Å². The summed E-state index contributed by atoms with van der Waals surface area (Å²) < 4.78 is 5.44. The van der Waals surface area contributed by atoms with Crippen LogP contribution in [0.15, 0.2) is 36.9 Å². The number of aromatic amines is 1. The van der Waals surface area contributed by atoms with Gasteiger partial charge in [0.15, 0.2) is 5.78 Å². The summed E-state index contributed by atoms with van der Waals surface area (Å²) in [5.74, 6) is -0.0464. The number of aromatic nitrogens is 1. The molecular formula is C29H35N3O5. The zero-order chi connectivity index (χ0) is 26.4. The number of hydrogen-bond acceptors (Lipinski definition) is 5. The van der Waals surface area contributed by atoms with Crippen LogP contribution in [0.25, 0.3) is 10.9 Å². The first kappa shape index (κ1) is 25.2. The zero-order valence-corrected chi connectivity index (χ0v) is 21.6. The summed E-state index contributed by atoms with van der Waals surface area (Å²) in [6.45, 7) is 6.13. The Kier molecular flexibility index (Phi) is 6.46. The fourth-order valence-corrected chi connectivity index (χ4v) is 6.60. The molecule has 37 heavy (non-hydrogen) atoms. The molecule has 2 aliphatic heterocycles. The van der Waals surface area contributed by atoms with E-state index < -0.39 is 11.6 Å². The lowest BCUT2D eigenvalue weighted by Gasteiger charge is -2.45. The number of benzene rings is 1. The van der Waals surface area contributed by atoms with E-state index in [0.717, 1.165) is 30.2 Å². The van der Waals surface area contributed by atoms with Gasteiger partial charge in [0.1, 0.15) is 22.8 Å². The van der Waals surface area contributed by atoms with Gasteiger partial charge in [-0.3, -0.25) is 19.2 Å². The lowest BCUT2D eigenvalue weighted by Crippen LogP contribution is -2.62. The average Bonchev–Trinajstić information content (AvgIpc) is 3.57. The number of carbonyl (C=O) groups is 4. The number of ketones is 2. The first-order chi connectivity index (χ1) is 17.8. The van der Waals surface area contributed by atoms with Crippen molar-refractivity contribution in [2.45, 2.75) is 69.9 Å². The molecule has 4 fully saturated rings. The highest BCUT2D eigenvalue weighted by Crippen LogP contribution is 2.60. The monoisotopic (exact) mass is 505 g/mol. The Bertz CT molecular complexity index is 1270. The summed E-state index contributed by atoms with van der Waals surface area (Å²) >= 11 is 0. The largest absolute Gasteiger partial charge is 0.496 e. The predicted octanol–water partition coefficient (Wildman–Crippen LogP) is 3.95. The predicted molar refractivity (Wildman–Crippen MR) is 139 cm³/mol. The van der Waals surface area contributed by atoms with Gasteiger partial charge in [-0.05, 0) is 50.3 Å². The van der Waals surface area contributed by atoms with Crippen LogP contribution in [0.4, 0.5) is 0 Å². The van der Waals surface area contributed by atoms with E-state index >= 15 is 0 Å². The molecule has 2 amide bonds. The number of hydrogen-bond donors (Lipinski definition) is 2. The average molecular weight is 506 g/mol. The number of rotatable bonds is 9. The lowest BCUT2D eigenvalue weighted by atomic mass is 9.61. The molecule has 0 unspecified atom stereocenters. The van der Waals surface area contributed by atoms with Crippen LogP contribution in [-0.2, 0) is 14.4 Å². The van der Waals surface area contributed by atoms with Crippen LogP contribution >= 0.6 is 0 Å². The van der Waals surface area contributed by atoms with Crippen molar-refractivity contribution in [2.24, 2.45) is 11.3 Å². The molecule has 2 aliphatic carbocycles. The first-order valence-electron chi connectivity index (χ1n) is 13.2. The van der Waals surface area contributed by atoms with Crippen molar-refractivity contribution in [3.63, 3.8) is 0 Å². The molecule has 1 aromatic heterocycles. The molecule has 1 aromatic carbocycles. The van der Waals surface area contributed by atoms with Gasteiger partial charge in [0.25, 0.3) is 5.91 Å². The highest BCUT2D eigenvalue weighted by atomic mass is 16.5. The Morgan fingerprint density at radius 3 is 2.76 bits per heavy atom.